The maximum Gasteiger partial charge on any atom is 0.174 e. The summed E-state index contributed by atoms with van der Waals surface area (Å²) in [5, 5.41) is 3.56. The fourth-order valence-electron chi connectivity index (χ4n) is 0.445. The normalized spacial score (nSPS) is 9.44. The second-order valence-electron chi connectivity index (χ2n) is 1.41. The Balaban J connectivity index is 2.30. The third kappa shape index (κ3) is 2.01. The molecule has 0 aliphatic carbocycles. The van der Waals surface area contributed by atoms with E-state index in [0.29, 0.717) is 0 Å². The van der Waals surface area contributed by atoms with Gasteiger partial charge in [-0.15, -0.1) is 0 Å². The highest BCUT2D eigenvalue weighted by Crippen LogP contribution is 2.16. The van der Waals surface area contributed by atoms with Crippen molar-refractivity contribution in [1.29, 1.82) is 0 Å². The minimum absolute atomic E-state index is 0.147. The van der Waals surface area contributed by atoms with Crippen molar-refractivity contribution in [1.82, 2.24) is 0 Å². The van der Waals surface area contributed by atoms with Crippen LogP contribution in [0, 0.1) is 5.38 Å². The monoisotopic (exact) mass is 145 g/mol. The molecule has 0 aromatic carbocycles. The molecular weight excluding hydrogens is 139 g/mol. The molecular formula is C6H6FOS. The summed E-state index contributed by atoms with van der Waals surface area (Å²) >= 11 is 1.35. The van der Waals surface area contributed by atoms with Crippen molar-refractivity contribution >= 4 is 11.3 Å². The van der Waals surface area contributed by atoms with Crippen LogP contribution in [0.5, 0.6) is 5.06 Å². The van der Waals surface area contributed by atoms with Crippen LogP contribution in [-0.4, -0.2) is 13.3 Å². The van der Waals surface area contributed by atoms with Crippen molar-refractivity contribution in [2.45, 2.75) is 0 Å². The minimum atomic E-state index is -0.433. The largest absolute Gasteiger partial charge is 0.481 e. The van der Waals surface area contributed by atoms with Crippen LogP contribution >= 0.6 is 11.3 Å². The van der Waals surface area contributed by atoms with E-state index >= 15 is 0 Å². The Morgan fingerprint density at radius 2 is 2.67 bits per heavy atom. The molecule has 0 aliphatic rings. The van der Waals surface area contributed by atoms with Gasteiger partial charge in [0.15, 0.2) is 5.06 Å². The van der Waals surface area contributed by atoms with Crippen molar-refractivity contribution in [3.05, 3.63) is 17.5 Å². The maximum absolute atomic E-state index is 11.5. The zero-order chi connectivity index (χ0) is 6.53. The Hall–Kier alpha value is -0.570. The Morgan fingerprint density at radius 1 is 1.78 bits per heavy atom. The quantitative estimate of drug-likeness (QED) is 0.631. The van der Waals surface area contributed by atoms with Crippen LogP contribution in [-0.2, 0) is 0 Å². The molecule has 3 heteroatoms. The van der Waals surface area contributed by atoms with Crippen LogP contribution in [0.4, 0.5) is 4.39 Å². The van der Waals surface area contributed by atoms with Gasteiger partial charge in [-0.25, -0.2) is 4.39 Å². The van der Waals surface area contributed by atoms with Gasteiger partial charge in [-0.2, -0.15) is 0 Å². The van der Waals surface area contributed by atoms with E-state index < -0.39 is 6.67 Å². The standard InChI is InChI=1S/C6H6FOS/c7-3-4-8-6-2-1-5-9-6/h1-2H,3-4H2. The maximum atomic E-state index is 11.5. The highest BCUT2D eigenvalue weighted by molar-refractivity contribution is 7.11. The molecule has 1 nitrogen and oxygen atoms in total. The van der Waals surface area contributed by atoms with E-state index in [9.17, 15) is 4.39 Å². The Kier molecular flexibility index (Phi) is 2.51. The van der Waals surface area contributed by atoms with Crippen LogP contribution in [0.2, 0.25) is 0 Å². The molecule has 0 fully saturated rings. The summed E-state index contributed by atoms with van der Waals surface area (Å²) in [7, 11) is 0. The van der Waals surface area contributed by atoms with Gasteiger partial charge in [0.25, 0.3) is 0 Å². The summed E-state index contributed by atoms with van der Waals surface area (Å²) in [6, 6.07) is 3.51. The van der Waals surface area contributed by atoms with Crippen molar-refractivity contribution in [2.24, 2.45) is 0 Å². The SMILES string of the molecule is FCCOc1cc[c]s1. The molecule has 0 aliphatic heterocycles. The highest BCUT2D eigenvalue weighted by atomic mass is 32.1. The molecule has 0 N–H and O–H groups in total. The highest BCUT2D eigenvalue weighted by Gasteiger charge is 1.90. The molecule has 1 rings (SSSR count). The first-order valence-corrected chi connectivity index (χ1v) is 3.40. The van der Waals surface area contributed by atoms with Crippen molar-refractivity contribution in [3.8, 4) is 5.06 Å². The first kappa shape index (κ1) is 6.55. The van der Waals surface area contributed by atoms with Crippen molar-refractivity contribution in [3.63, 3.8) is 0 Å². The van der Waals surface area contributed by atoms with E-state index in [-0.39, 0.29) is 6.61 Å². The Morgan fingerprint density at radius 3 is 3.22 bits per heavy atom. The summed E-state index contributed by atoms with van der Waals surface area (Å²) in [6.07, 6.45) is 0. The number of thiophene rings is 1. The van der Waals surface area contributed by atoms with Crippen LogP contribution < -0.4 is 4.74 Å². The summed E-state index contributed by atoms with van der Waals surface area (Å²) in [5.41, 5.74) is 0. The third-order valence-corrected chi connectivity index (χ3v) is 1.48. The van der Waals surface area contributed by atoms with E-state index in [0.717, 1.165) is 5.06 Å². The van der Waals surface area contributed by atoms with Gasteiger partial charge in [-0.1, -0.05) is 11.3 Å². The number of hydrogen-bond donors (Lipinski definition) is 0. The fourth-order valence-corrected chi connectivity index (χ4v) is 0.976. The first-order valence-electron chi connectivity index (χ1n) is 2.58. The lowest BCUT2D eigenvalue weighted by Gasteiger charge is -1.95. The summed E-state index contributed by atoms with van der Waals surface area (Å²) < 4.78 is 16.4. The number of rotatable bonds is 3. The van der Waals surface area contributed by atoms with Crippen LogP contribution in [0.1, 0.15) is 0 Å². The summed E-state index contributed by atoms with van der Waals surface area (Å²) in [4.78, 5) is 0. The first-order chi connectivity index (χ1) is 4.43. The van der Waals surface area contributed by atoms with E-state index in [2.05, 4.69) is 5.38 Å². The zero-order valence-corrected chi connectivity index (χ0v) is 5.58. The molecule has 0 atom stereocenters. The van der Waals surface area contributed by atoms with E-state index in [1.165, 1.54) is 11.3 Å². The molecule has 49 valence electrons. The smallest absolute Gasteiger partial charge is 0.174 e. The lowest BCUT2D eigenvalue weighted by atomic mass is 10.6. The van der Waals surface area contributed by atoms with Crippen LogP contribution in [0.3, 0.4) is 0 Å². The van der Waals surface area contributed by atoms with Gasteiger partial charge >= 0.3 is 0 Å². The number of halogens is 1. The number of hydrogen-bond acceptors (Lipinski definition) is 2. The van der Waals surface area contributed by atoms with Gasteiger partial charge in [-0.3, -0.25) is 0 Å². The molecule has 0 amide bonds. The molecule has 1 aromatic rings. The predicted octanol–water partition coefficient (Wildman–Crippen LogP) is 1.90. The molecule has 1 aromatic heterocycles. The molecule has 1 heterocycles. The van der Waals surface area contributed by atoms with Gasteiger partial charge in [0.2, 0.25) is 0 Å². The Bertz CT molecular complexity index is 150. The second kappa shape index (κ2) is 3.45. The third-order valence-electron chi connectivity index (χ3n) is 0.768. The fraction of sp³-hybridized carbons (Fsp3) is 0.333. The zero-order valence-electron chi connectivity index (χ0n) is 4.76. The summed E-state index contributed by atoms with van der Waals surface area (Å²) in [5.74, 6) is 0. The number of ether oxygens (including phenoxy) is 1. The van der Waals surface area contributed by atoms with Gasteiger partial charge in [-0.05, 0) is 12.1 Å². The van der Waals surface area contributed by atoms with Crippen LogP contribution in [0.25, 0.3) is 0 Å². The van der Waals surface area contributed by atoms with Gasteiger partial charge in [0.05, 0.1) is 0 Å². The number of alkyl halides is 1. The van der Waals surface area contributed by atoms with Gasteiger partial charge < -0.3 is 4.74 Å². The Labute approximate surface area is 57.1 Å². The molecule has 0 bridgehead atoms. The molecule has 0 unspecified atom stereocenters. The lowest BCUT2D eigenvalue weighted by Crippen LogP contribution is -1.95. The van der Waals surface area contributed by atoms with Crippen molar-refractivity contribution < 1.29 is 9.13 Å². The van der Waals surface area contributed by atoms with Gasteiger partial charge in [0.1, 0.15) is 13.3 Å². The minimum Gasteiger partial charge on any atom is -0.481 e. The summed E-state index contributed by atoms with van der Waals surface area (Å²) in [6.45, 7) is -0.285. The molecule has 0 saturated carbocycles. The van der Waals surface area contributed by atoms with Crippen LogP contribution in [0.15, 0.2) is 12.1 Å². The average Bonchev–Trinajstić information content (AvgIpc) is 2.34. The molecule has 0 spiro atoms. The average molecular weight is 145 g/mol. The van der Waals surface area contributed by atoms with Gasteiger partial charge in [0, 0.05) is 5.38 Å². The van der Waals surface area contributed by atoms with E-state index in [1.807, 2.05) is 0 Å². The molecule has 1 radical (unpaired) electrons. The predicted molar refractivity (Wildman–Crippen MR) is 34.6 cm³/mol. The lowest BCUT2D eigenvalue weighted by molar-refractivity contribution is 0.280. The van der Waals surface area contributed by atoms with Crippen molar-refractivity contribution in [2.75, 3.05) is 13.3 Å². The second-order valence-corrected chi connectivity index (χ2v) is 2.25. The topological polar surface area (TPSA) is 9.23 Å². The molecule has 9 heavy (non-hydrogen) atoms. The van der Waals surface area contributed by atoms with E-state index in [1.54, 1.807) is 12.1 Å². The van der Waals surface area contributed by atoms with E-state index in [4.69, 9.17) is 4.74 Å². The molecule has 0 saturated heterocycles.